The van der Waals surface area contributed by atoms with E-state index in [0.29, 0.717) is 11.0 Å². The van der Waals surface area contributed by atoms with E-state index in [2.05, 4.69) is 15.4 Å². The van der Waals surface area contributed by atoms with Gasteiger partial charge in [-0.2, -0.15) is 5.10 Å². The highest BCUT2D eigenvalue weighted by molar-refractivity contribution is 7.99. The summed E-state index contributed by atoms with van der Waals surface area (Å²) >= 11 is 1.63. The molecule has 5 rings (SSSR count). The molecule has 148 valence electrons. The average molecular weight is 414 g/mol. The maximum atomic E-state index is 12.9. The van der Waals surface area contributed by atoms with E-state index in [-0.39, 0.29) is 11.7 Å². The first kappa shape index (κ1) is 18.6. The van der Waals surface area contributed by atoms with Crippen molar-refractivity contribution in [2.75, 3.05) is 0 Å². The van der Waals surface area contributed by atoms with Crippen LogP contribution in [0.25, 0.3) is 16.7 Å². The zero-order chi connectivity index (χ0) is 20.5. The largest absolute Gasteiger partial charge is 0.348 e. The van der Waals surface area contributed by atoms with Crippen LogP contribution in [0.3, 0.4) is 0 Å². The van der Waals surface area contributed by atoms with Crippen molar-refractivity contribution in [1.29, 1.82) is 0 Å². The number of fused-ring (bicyclic) bond motifs is 1. The van der Waals surface area contributed by atoms with Crippen molar-refractivity contribution >= 4 is 28.7 Å². The van der Waals surface area contributed by atoms with Gasteiger partial charge in [-0.3, -0.25) is 9.59 Å². The van der Waals surface area contributed by atoms with Crippen molar-refractivity contribution in [3.05, 3.63) is 88.8 Å². The fourth-order valence-electron chi connectivity index (χ4n) is 3.18. The molecule has 2 aromatic heterocycles. The van der Waals surface area contributed by atoms with E-state index < -0.39 is 11.3 Å². The first-order valence-corrected chi connectivity index (χ1v) is 10.5. The van der Waals surface area contributed by atoms with Gasteiger partial charge in [0.2, 0.25) is 5.43 Å². The summed E-state index contributed by atoms with van der Waals surface area (Å²) in [6, 6.07) is 21.4. The third-order valence-corrected chi connectivity index (χ3v) is 5.81. The Morgan fingerprint density at radius 3 is 2.60 bits per heavy atom. The van der Waals surface area contributed by atoms with Gasteiger partial charge in [0.15, 0.2) is 11.3 Å². The molecule has 1 saturated carbocycles. The fourth-order valence-corrected chi connectivity index (χ4v) is 4.07. The summed E-state index contributed by atoms with van der Waals surface area (Å²) in [4.78, 5) is 32.0. The Morgan fingerprint density at radius 2 is 1.80 bits per heavy atom. The maximum Gasteiger partial charge on any atom is 0.276 e. The molecule has 0 aliphatic heterocycles. The zero-order valence-corrected chi connectivity index (χ0v) is 16.8. The van der Waals surface area contributed by atoms with E-state index in [1.807, 2.05) is 54.6 Å². The highest BCUT2D eigenvalue weighted by Gasteiger charge is 2.27. The van der Waals surface area contributed by atoms with Crippen LogP contribution in [-0.4, -0.2) is 26.7 Å². The lowest BCUT2D eigenvalue weighted by atomic mass is 10.2. The van der Waals surface area contributed by atoms with Gasteiger partial charge in [-0.1, -0.05) is 36.0 Å². The lowest BCUT2D eigenvalue weighted by molar-refractivity contribution is 0.0943. The Morgan fingerprint density at radius 1 is 1.00 bits per heavy atom. The number of hydrogen-bond acceptors (Lipinski definition) is 5. The smallest absolute Gasteiger partial charge is 0.276 e. The number of hydrogen-bond donors (Lipinski definition) is 1. The second kappa shape index (κ2) is 7.76. The summed E-state index contributed by atoms with van der Waals surface area (Å²) in [5, 5.41) is 7.65. The second-order valence-electron chi connectivity index (χ2n) is 7.12. The van der Waals surface area contributed by atoms with Gasteiger partial charge in [-0.15, -0.1) is 0 Å². The van der Waals surface area contributed by atoms with Crippen LogP contribution >= 0.6 is 11.8 Å². The maximum absolute atomic E-state index is 12.9. The Balaban J connectivity index is 1.61. The molecular formula is C23H18N4O2S. The molecular weight excluding hydrogens is 396 g/mol. The number of nitrogens with zero attached hydrogens (tertiary/aromatic N) is 3. The van der Waals surface area contributed by atoms with Gasteiger partial charge in [0.1, 0.15) is 0 Å². The molecule has 6 nitrogen and oxygen atoms in total. The normalized spacial score (nSPS) is 13.3. The minimum atomic E-state index is -0.434. The van der Waals surface area contributed by atoms with E-state index >= 15 is 0 Å². The summed E-state index contributed by atoms with van der Waals surface area (Å²) in [6.45, 7) is 0. The van der Waals surface area contributed by atoms with Crippen LogP contribution in [0.2, 0.25) is 0 Å². The van der Waals surface area contributed by atoms with Crippen molar-refractivity contribution in [2.24, 2.45) is 0 Å². The van der Waals surface area contributed by atoms with Gasteiger partial charge in [0.05, 0.1) is 11.1 Å². The molecule has 0 spiro atoms. The Labute approximate surface area is 177 Å². The molecule has 0 atom stereocenters. The molecule has 30 heavy (non-hydrogen) atoms. The summed E-state index contributed by atoms with van der Waals surface area (Å²) in [6.07, 6.45) is 3.49. The molecule has 4 aromatic rings. The predicted octanol–water partition coefficient (Wildman–Crippen LogP) is 3.82. The quantitative estimate of drug-likeness (QED) is 0.537. The molecule has 0 saturated heterocycles. The van der Waals surface area contributed by atoms with Gasteiger partial charge < -0.3 is 5.32 Å². The minimum absolute atomic E-state index is 0.108. The Bertz CT molecular complexity index is 1300. The molecule has 2 aromatic carbocycles. The summed E-state index contributed by atoms with van der Waals surface area (Å²) in [5.41, 5.74) is 0.651. The monoisotopic (exact) mass is 414 g/mol. The second-order valence-corrected chi connectivity index (χ2v) is 8.27. The molecule has 0 unspecified atom stereocenters. The van der Waals surface area contributed by atoms with Crippen molar-refractivity contribution in [2.45, 2.75) is 28.7 Å². The lowest BCUT2D eigenvalue weighted by Gasteiger charge is -2.12. The summed E-state index contributed by atoms with van der Waals surface area (Å²) in [7, 11) is 0. The molecule has 7 heteroatoms. The van der Waals surface area contributed by atoms with Gasteiger partial charge >= 0.3 is 0 Å². The number of aromatic nitrogens is 3. The molecule has 1 amide bonds. The van der Waals surface area contributed by atoms with Crippen LogP contribution in [0.4, 0.5) is 0 Å². The van der Waals surface area contributed by atoms with Crippen molar-refractivity contribution in [3.8, 4) is 5.69 Å². The number of amides is 1. The van der Waals surface area contributed by atoms with Crippen LogP contribution in [0.15, 0.2) is 87.5 Å². The topological polar surface area (TPSA) is 76.9 Å². The molecule has 0 radical (unpaired) electrons. The van der Waals surface area contributed by atoms with Crippen LogP contribution in [-0.2, 0) is 0 Å². The number of carbonyl (C=O) groups is 1. The SMILES string of the molecule is O=C(NC1CC1)c1nn(-c2cccc(Sc3ccccc3)c2)c2ncccc2c1=O. The van der Waals surface area contributed by atoms with E-state index in [1.165, 1.54) is 0 Å². The zero-order valence-electron chi connectivity index (χ0n) is 16.0. The van der Waals surface area contributed by atoms with Crippen molar-refractivity contribution in [1.82, 2.24) is 20.1 Å². The predicted molar refractivity (Wildman–Crippen MR) is 116 cm³/mol. The van der Waals surface area contributed by atoms with E-state index in [1.54, 1.807) is 34.8 Å². The Kier molecular flexibility index (Phi) is 4.80. The van der Waals surface area contributed by atoms with Gasteiger partial charge in [-0.25, -0.2) is 9.67 Å². The molecule has 1 aliphatic rings. The molecule has 1 N–H and O–H groups in total. The standard InChI is InChI=1S/C23H18N4O2S/c28-21-19-10-5-13-24-22(19)27(26-20(21)23(29)25-15-11-12-15)16-6-4-9-18(14-16)30-17-7-2-1-3-8-17/h1-10,13-15H,11-12H2,(H,25,29). The highest BCUT2D eigenvalue weighted by Crippen LogP contribution is 2.29. The summed E-state index contributed by atoms with van der Waals surface area (Å²) in [5.74, 6) is -0.434. The third-order valence-electron chi connectivity index (χ3n) is 4.82. The molecule has 1 fully saturated rings. The van der Waals surface area contributed by atoms with Crippen LogP contribution in [0, 0.1) is 0 Å². The van der Waals surface area contributed by atoms with Crippen LogP contribution in [0.5, 0.6) is 0 Å². The van der Waals surface area contributed by atoms with Gasteiger partial charge in [-0.05, 0) is 55.3 Å². The number of rotatable bonds is 5. The number of benzene rings is 2. The minimum Gasteiger partial charge on any atom is -0.348 e. The van der Waals surface area contributed by atoms with Crippen molar-refractivity contribution < 1.29 is 4.79 Å². The number of pyridine rings is 1. The van der Waals surface area contributed by atoms with Gasteiger partial charge in [0.25, 0.3) is 5.91 Å². The van der Waals surface area contributed by atoms with Crippen LogP contribution < -0.4 is 10.7 Å². The lowest BCUT2D eigenvalue weighted by Crippen LogP contribution is -2.33. The molecule has 1 aliphatic carbocycles. The third kappa shape index (κ3) is 3.71. The first-order chi connectivity index (χ1) is 14.7. The Hall–Kier alpha value is -3.45. The van der Waals surface area contributed by atoms with E-state index in [4.69, 9.17) is 0 Å². The van der Waals surface area contributed by atoms with E-state index in [0.717, 1.165) is 28.3 Å². The van der Waals surface area contributed by atoms with Crippen LogP contribution in [0.1, 0.15) is 23.3 Å². The summed E-state index contributed by atoms with van der Waals surface area (Å²) < 4.78 is 1.58. The number of nitrogens with one attached hydrogen (secondary N) is 1. The highest BCUT2D eigenvalue weighted by atomic mass is 32.2. The fraction of sp³-hybridized carbons (Fsp3) is 0.130. The number of carbonyl (C=O) groups excluding carboxylic acids is 1. The first-order valence-electron chi connectivity index (χ1n) is 9.71. The van der Waals surface area contributed by atoms with E-state index in [9.17, 15) is 9.59 Å². The van der Waals surface area contributed by atoms with Crippen molar-refractivity contribution in [3.63, 3.8) is 0 Å². The van der Waals surface area contributed by atoms with Gasteiger partial charge in [0, 0.05) is 22.0 Å². The molecule has 2 heterocycles. The average Bonchev–Trinajstić information content (AvgIpc) is 3.59. The molecule has 0 bridgehead atoms.